The first-order valence-electron chi connectivity index (χ1n) is 6.89. The summed E-state index contributed by atoms with van der Waals surface area (Å²) >= 11 is 0. The van der Waals surface area contributed by atoms with Crippen molar-refractivity contribution in [3.63, 3.8) is 0 Å². The lowest BCUT2D eigenvalue weighted by atomic mass is 10.0. The molecule has 0 amide bonds. The first-order chi connectivity index (χ1) is 9.30. The number of aliphatic hydroxyl groups excluding tert-OH is 1. The van der Waals surface area contributed by atoms with Crippen molar-refractivity contribution in [3.8, 4) is 5.75 Å². The lowest BCUT2D eigenvalue weighted by Crippen LogP contribution is -2.40. The first-order valence-corrected chi connectivity index (χ1v) is 6.89. The van der Waals surface area contributed by atoms with Crippen LogP contribution < -0.4 is 4.74 Å². The van der Waals surface area contributed by atoms with E-state index in [-0.39, 0.29) is 12.6 Å². The Kier molecular flexibility index (Phi) is 5.19. The zero-order valence-electron chi connectivity index (χ0n) is 11.8. The SMILES string of the molecule is CCc1cc(C(CO)N2CCOCC2)ccc1OC. The van der Waals surface area contributed by atoms with Crippen molar-refractivity contribution in [2.24, 2.45) is 0 Å². The predicted molar refractivity (Wildman–Crippen MR) is 74.6 cm³/mol. The summed E-state index contributed by atoms with van der Waals surface area (Å²) < 4.78 is 10.7. The van der Waals surface area contributed by atoms with E-state index in [1.165, 1.54) is 5.56 Å². The molecule has 0 radical (unpaired) electrons. The highest BCUT2D eigenvalue weighted by Gasteiger charge is 2.22. The standard InChI is InChI=1S/C15H23NO3/c1-3-12-10-13(4-5-15(12)18-2)14(11-17)16-6-8-19-9-7-16/h4-5,10,14,17H,3,6-9,11H2,1-2H3. The monoisotopic (exact) mass is 265 g/mol. The molecule has 1 atom stereocenters. The number of rotatable bonds is 5. The minimum Gasteiger partial charge on any atom is -0.496 e. The van der Waals surface area contributed by atoms with Gasteiger partial charge in [0.25, 0.3) is 0 Å². The Morgan fingerprint density at radius 1 is 1.37 bits per heavy atom. The van der Waals surface area contributed by atoms with Gasteiger partial charge in [0.15, 0.2) is 0 Å². The van der Waals surface area contributed by atoms with Gasteiger partial charge in [-0.15, -0.1) is 0 Å². The van der Waals surface area contributed by atoms with Crippen molar-refractivity contribution in [2.75, 3.05) is 40.0 Å². The molecule has 1 fully saturated rings. The number of aliphatic hydroxyl groups is 1. The van der Waals surface area contributed by atoms with Crippen LogP contribution >= 0.6 is 0 Å². The summed E-state index contributed by atoms with van der Waals surface area (Å²) in [5.41, 5.74) is 2.34. The molecule has 106 valence electrons. The van der Waals surface area contributed by atoms with Gasteiger partial charge in [0.1, 0.15) is 5.75 Å². The number of nitrogens with zero attached hydrogens (tertiary/aromatic N) is 1. The van der Waals surface area contributed by atoms with Crippen LogP contribution in [0.15, 0.2) is 18.2 Å². The van der Waals surface area contributed by atoms with Gasteiger partial charge in [-0.05, 0) is 23.6 Å². The van der Waals surface area contributed by atoms with Crippen LogP contribution in [0.1, 0.15) is 24.1 Å². The Balaban J connectivity index is 2.22. The second kappa shape index (κ2) is 6.89. The van der Waals surface area contributed by atoms with Crippen LogP contribution in [0.3, 0.4) is 0 Å². The van der Waals surface area contributed by atoms with Crippen LogP contribution in [-0.4, -0.2) is 50.0 Å². The molecule has 0 aromatic heterocycles. The number of methoxy groups -OCH3 is 1. The minimum absolute atomic E-state index is 0.0557. The first kappa shape index (κ1) is 14.3. The zero-order chi connectivity index (χ0) is 13.7. The Labute approximate surface area is 114 Å². The van der Waals surface area contributed by atoms with Crippen LogP contribution in [0.5, 0.6) is 5.75 Å². The molecular formula is C15H23NO3. The van der Waals surface area contributed by atoms with Gasteiger partial charge in [-0.1, -0.05) is 19.1 Å². The summed E-state index contributed by atoms with van der Waals surface area (Å²) in [4.78, 5) is 2.28. The lowest BCUT2D eigenvalue weighted by molar-refractivity contribution is 0.00257. The van der Waals surface area contributed by atoms with Crippen molar-refractivity contribution in [1.82, 2.24) is 4.90 Å². The lowest BCUT2D eigenvalue weighted by Gasteiger charge is -2.34. The van der Waals surface area contributed by atoms with E-state index < -0.39 is 0 Å². The topological polar surface area (TPSA) is 41.9 Å². The number of hydrogen-bond donors (Lipinski definition) is 1. The van der Waals surface area contributed by atoms with E-state index in [0.29, 0.717) is 0 Å². The quantitative estimate of drug-likeness (QED) is 0.878. The highest BCUT2D eigenvalue weighted by atomic mass is 16.5. The average molecular weight is 265 g/mol. The Morgan fingerprint density at radius 2 is 2.11 bits per heavy atom. The van der Waals surface area contributed by atoms with Gasteiger partial charge < -0.3 is 14.6 Å². The van der Waals surface area contributed by atoms with Crippen LogP contribution in [0, 0.1) is 0 Å². The summed E-state index contributed by atoms with van der Waals surface area (Å²) in [6.07, 6.45) is 0.929. The zero-order valence-corrected chi connectivity index (χ0v) is 11.8. The maximum absolute atomic E-state index is 9.71. The number of aryl methyl sites for hydroxylation is 1. The third-order valence-electron chi connectivity index (χ3n) is 3.73. The van der Waals surface area contributed by atoms with Gasteiger partial charge in [-0.3, -0.25) is 4.90 Å². The average Bonchev–Trinajstić information content (AvgIpc) is 2.49. The molecule has 1 unspecified atom stereocenters. The molecule has 4 heteroatoms. The van der Waals surface area contributed by atoms with Crippen LogP contribution in [0.2, 0.25) is 0 Å². The molecule has 1 aliphatic rings. The number of benzene rings is 1. The molecule has 1 heterocycles. The Hall–Kier alpha value is -1.10. The van der Waals surface area contributed by atoms with Crippen molar-refractivity contribution >= 4 is 0 Å². The minimum atomic E-state index is 0.0557. The molecule has 4 nitrogen and oxygen atoms in total. The number of hydrogen-bond acceptors (Lipinski definition) is 4. The molecule has 0 bridgehead atoms. The van der Waals surface area contributed by atoms with Gasteiger partial charge in [-0.25, -0.2) is 0 Å². The Bertz CT molecular complexity index is 402. The van der Waals surface area contributed by atoms with E-state index in [0.717, 1.165) is 44.0 Å². The summed E-state index contributed by atoms with van der Waals surface area (Å²) in [5.74, 6) is 0.921. The van der Waals surface area contributed by atoms with Gasteiger partial charge in [0, 0.05) is 13.1 Å². The molecule has 0 aliphatic carbocycles. The fourth-order valence-electron chi connectivity index (χ4n) is 2.60. The second-order valence-electron chi connectivity index (χ2n) is 4.77. The van der Waals surface area contributed by atoms with E-state index in [1.807, 2.05) is 12.1 Å². The third-order valence-corrected chi connectivity index (χ3v) is 3.73. The molecule has 2 rings (SSSR count). The summed E-state index contributed by atoms with van der Waals surface area (Å²) in [6.45, 7) is 5.48. The molecule has 1 aromatic carbocycles. The van der Waals surface area contributed by atoms with Crippen molar-refractivity contribution in [2.45, 2.75) is 19.4 Å². The van der Waals surface area contributed by atoms with E-state index in [4.69, 9.17) is 9.47 Å². The maximum atomic E-state index is 9.71. The Morgan fingerprint density at radius 3 is 2.68 bits per heavy atom. The van der Waals surface area contributed by atoms with Gasteiger partial charge in [0.2, 0.25) is 0 Å². The normalized spacial score (nSPS) is 18.3. The van der Waals surface area contributed by atoms with E-state index in [1.54, 1.807) is 7.11 Å². The van der Waals surface area contributed by atoms with Crippen LogP contribution in [0.25, 0.3) is 0 Å². The van der Waals surface area contributed by atoms with Gasteiger partial charge in [0.05, 0.1) is 33.0 Å². The number of morpholine rings is 1. The van der Waals surface area contributed by atoms with E-state index >= 15 is 0 Å². The molecule has 1 N–H and O–H groups in total. The smallest absolute Gasteiger partial charge is 0.122 e. The van der Waals surface area contributed by atoms with Crippen molar-refractivity contribution < 1.29 is 14.6 Å². The third kappa shape index (κ3) is 3.26. The summed E-state index contributed by atoms with van der Waals surface area (Å²) in [5, 5.41) is 9.71. The molecule has 1 aliphatic heterocycles. The predicted octanol–water partition coefficient (Wildman–Crippen LogP) is 1.62. The second-order valence-corrected chi connectivity index (χ2v) is 4.77. The largest absolute Gasteiger partial charge is 0.496 e. The van der Waals surface area contributed by atoms with Gasteiger partial charge >= 0.3 is 0 Å². The molecule has 19 heavy (non-hydrogen) atoms. The fraction of sp³-hybridized carbons (Fsp3) is 0.600. The molecule has 0 saturated carbocycles. The molecule has 1 aromatic rings. The highest BCUT2D eigenvalue weighted by Crippen LogP contribution is 2.27. The summed E-state index contributed by atoms with van der Waals surface area (Å²) in [7, 11) is 1.69. The molecule has 0 spiro atoms. The molecule has 1 saturated heterocycles. The van der Waals surface area contributed by atoms with E-state index in [9.17, 15) is 5.11 Å². The fourth-order valence-corrected chi connectivity index (χ4v) is 2.60. The van der Waals surface area contributed by atoms with E-state index in [2.05, 4.69) is 17.9 Å². The van der Waals surface area contributed by atoms with Crippen LogP contribution in [-0.2, 0) is 11.2 Å². The highest BCUT2D eigenvalue weighted by molar-refractivity contribution is 5.38. The molecular weight excluding hydrogens is 242 g/mol. The van der Waals surface area contributed by atoms with Crippen molar-refractivity contribution in [1.29, 1.82) is 0 Å². The summed E-state index contributed by atoms with van der Waals surface area (Å²) in [6, 6.07) is 6.25. The number of ether oxygens (including phenoxy) is 2. The van der Waals surface area contributed by atoms with Crippen molar-refractivity contribution in [3.05, 3.63) is 29.3 Å². The maximum Gasteiger partial charge on any atom is 0.122 e. The van der Waals surface area contributed by atoms with Gasteiger partial charge in [-0.2, -0.15) is 0 Å². The van der Waals surface area contributed by atoms with Crippen LogP contribution in [0.4, 0.5) is 0 Å².